The third kappa shape index (κ3) is 3.72. The molecule has 0 radical (unpaired) electrons. The van der Waals surface area contributed by atoms with E-state index in [-0.39, 0.29) is 5.57 Å². The molecule has 0 atom stereocenters. The monoisotopic (exact) mass is 467 g/mol. The number of hydrogen-bond acceptors (Lipinski definition) is 3. The summed E-state index contributed by atoms with van der Waals surface area (Å²) in [5, 5.41) is 3.13. The quantitative estimate of drug-likeness (QED) is 0.415. The fourth-order valence-electron chi connectivity index (χ4n) is 3.80. The first-order valence-corrected chi connectivity index (χ1v) is 10.6. The van der Waals surface area contributed by atoms with Crippen LogP contribution < -0.4 is 10.2 Å². The van der Waals surface area contributed by atoms with Gasteiger partial charge in [-0.2, -0.15) is 0 Å². The van der Waals surface area contributed by atoms with Crippen molar-refractivity contribution in [3.63, 3.8) is 0 Å². The maximum atomic E-state index is 13.2. The van der Waals surface area contributed by atoms with E-state index in [1.165, 1.54) is 6.08 Å². The van der Waals surface area contributed by atoms with E-state index in [9.17, 15) is 14.4 Å². The highest BCUT2D eigenvalue weighted by Gasteiger charge is 2.37. The van der Waals surface area contributed by atoms with Gasteiger partial charge >= 0.3 is 6.03 Å². The normalized spacial score (nSPS) is 15.5. The van der Waals surface area contributed by atoms with E-state index in [1.807, 2.05) is 36.6 Å². The molecule has 4 amide bonds. The first kappa shape index (κ1) is 21.9. The fraction of sp³-hybridized carbons (Fsp3) is 0.125. The van der Waals surface area contributed by atoms with Gasteiger partial charge in [0.2, 0.25) is 0 Å². The molecular formula is C24H19Cl2N3O3. The second-order valence-corrected chi connectivity index (χ2v) is 8.32. The van der Waals surface area contributed by atoms with Crippen LogP contribution in [-0.2, 0) is 9.59 Å². The summed E-state index contributed by atoms with van der Waals surface area (Å²) < 4.78 is 1.95. The zero-order valence-corrected chi connectivity index (χ0v) is 19.1. The SMILES string of the molecule is Cc1ccccc1N1C(=O)NC(=O)/C(=C/c2cc(C)n(-c3ccc(Cl)c(Cl)c3)c2C)C1=O. The number of barbiturate groups is 1. The Morgan fingerprint density at radius 3 is 2.31 bits per heavy atom. The number of benzene rings is 2. The van der Waals surface area contributed by atoms with E-state index >= 15 is 0 Å². The van der Waals surface area contributed by atoms with Crippen LogP contribution >= 0.6 is 23.2 Å². The molecule has 6 nitrogen and oxygen atoms in total. The number of amides is 4. The van der Waals surface area contributed by atoms with Crippen molar-refractivity contribution in [3.8, 4) is 5.69 Å². The van der Waals surface area contributed by atoms with Gasteiger partial charge in [-0.1, -0.05) is 41.4 Å². The summed E-state index contributed by atoms with van der Waals surface area (Å²) >= 11 is 12.2. The Kier molecular flexibility index (Phi) is 5.67. The van der Waals surface area contributed by atoms with Crippen molar-refractivity contribution in [2.45, 2.75) is 20.8 Å². The molecule has 0 bridgehead atoms. The van der Waals surface area contributed by atoms with Crippen molar-refractivity contribution < 1.29 is 14.4 Å². The molecule has 4 rings (SSSR count). The summed E-state index contributed by atoms with van der Waals surface area (Å²) in [7, 11) is 0. The molecule has 0 saturated carbocycles. The van der Waals surface area contributed by atoms with E-state index in [0.29, 0.717) is 21.3 Å². The van der Waals surface area contributed by atoms with Gasteiger partial charge in [-0.15, -0.1) is 0 Å². The fourth-order valence-corrected chi connectivity index (χ4v) is 4.09. The van der Waals surface area contributed by atoms with Crippen molar-refractivity contribution in [1.82, 2.24) is 9.88 Å². The first-order valence-electron chi connectivity index (χ1n) is 9.80. The molecule has 8 heteroatoms. The van der Waals surface area contributed by atoms with Gasteiger partial charge < -0.3 is 4.57 Å². The molecule has 3 aromatic rings. The van der Waals surface area contributed by atoms with E-state index in [1.54, 1.807) is 37.3 Å². The smallest absolute Gasteiger partial charge is 0.318 e. The Hall–Kier alpha value is -3.35. The minimum Gasteiger partial charge on any atom is -0.318 e. The number of hydrogen-bond donors (Lipinski definition) is 1. The van der Waals surface area contributed by atoms with Crippen molar-refractivity contribution in [1.29, 1.82) is 0 Å². The van der Waals surface area contributed by atoms with Crippen LogP contribution in [0.25, 0.3) is 11.8 Å². The topological polar surface area (TPSA) is 71.4 Å². The molecule has 1 aliphatic heterocycles. The molecule has 2 aromatic carbocycles. The number of nitrogens with one attached hydrogen (secondary N) is 1. The molecule has 1 saturated heterocycles. The van der Waals surface area contributed by atoms with Crippen LogP contribution in [0.3, 0.4) is 0 Å². The molecule has 1 aliphatic rings. The van der Waals surface area contributed by atoms with Gasteiger partial charge in [-0.3, -0.25) is 14.9 Å². The molecule has 1 N–H and O–H groups in total. The Morgan fingerprint density at radius 2 is 1.62 bits per heavy atom. The molecule has 162 valence electrons. The minimum absolute atomic E-state index is 0.123. The Labute approximate surface area is 195 Å². The van der Waals surface area contributed by atoms with Gasteiger partial charge in [0.05, 0.1) is 15.7 Å². The van der Waals surface area contributed by atoms with Crippen LogP contribution in [0.4, 0.5) is 10.5 Å². The van der Waals surface area contributed by atoms with Crippen molar-refractivity contribution >= 4 is 52.8 Å². The average molecular weight is 468 g/mol. The van der Waals surface area contributed by atoms with Crippen molar-refractivity contribution in [2.75, 3.05) is 4.90 Å². The lowest BCUT2D eigenvalue weighted by atomic mass is 10.1. The number of anilines is 1. The second-order valence-electron chi connectivity index (χ2n) is 7.50. The molecule has 0 aliphatic carbocycles. The van der Waals surface area contributed by atoms with E-state index in [0.717, 1.165) is 27.5 Å². The van der Waals surface area contributed by atoms with Gasteiger partial charge in [-0.05, 0) is 68.3 Å². The van der Waals surface area contributed by atoms with Crippen LogP contribution in [0.1, 0.15) is 22.5 Å². The molecular weight excluding hydrogens is 449 g/mol. The highest BCUT2D eigenvalue weighted by Crippen LogP contribution is 2.30. The summed E-state index contributed by atoms with van der Waals surface area (Å²) in [5.74, 6) is -1.41. The highest BCUT2D eigenvalue weighted by atomic mass is 35.5. The highest BCUT2D eigenvalue weighted by molar-refractivity contribution is 6.42. The summed E-state index contributed by atoms with van der Waals surface area (Å²) in [6.07, 6.45) is 1.51. The maximum absolute atomic E-state index is 13.2. The van der Waals surface area contributed by atoms with Crippen molar-refractivity contribution in [3.05, 3.63) is 86.7 Å². The predicted octanol–water partition coefficient (Wildman–Crippen LogP) is 5.38. The first-order chi connectivity index (χ1) is 15.2. The van der Waals surface area contributed by atoms with E-state index < -0.39 is 17.8 Å². The number of nitrogens with zero attached hydrogens (tertiary/aromatic N) is 2. The van der Waals surface area contributed by atoms with Crippen LogP contribution in [0.15, 0.2) is 54.1 Å². The van der Waals surface area contributed by atoms with Crippen LogP contribution in [0.5, 0.6) is 0 Å². The number of rotatable bonds is 3. The Bertz CT molecular complexity index is 1320. The third-order valence-electron chi connectivity index (χ3n) is 5.39. The summed E-state index contributed by atoms with van der Waals surface area (Å²) in [4.78, 5) is 39.2. The number of halogens is 2. The molecule has 32 heavy (non-hydrogen) atoms. The Morgan fingerprint density at radius 1 is 0.906 bits per heavy atom. The van der Waals surface area contributed by atoms with E-state index in [4.69, 9.17) is 23.2 Å². The van der Waals surface area contributed by atoms with Gasteiger partial charge in [0.25, 0.3) is 11.8 Å². The standard InChI is InChI=1S/C24H19Cl2N3O3/c1-13-6-4-5-7-21(13)29-23(31)18(22(30)27-24(29)32)11-16-10-14(2)28(15(16)3)17-8-9-19(25)20(26)12-17/h4-12H,1-3H3,(H,27,30,32)/b18-11-. The third-order valence-corrected chi connectivity index (χ3v) is 6.13. The maximum Gasteiger partial charge on any atom is 0.335 e. The number of aryl methyl sites for hydroxylation is 2. The summed E-state index contributed by atoms with van der Waals surface area (Å²) in [6.45, 7) is 5.57. The molecule has 1 fully saturated rings. The average Bonchev–Trinajstić information content (AvgIpc) is 3.01. The lowest BCUT2D eigenvalue weighted by Gasteiger charge is -2.27. The van der Waals surface area contributed by atoms with Crippen LogP contribution in [-0.4, -0.2) is 22.4 Å². The molecule has 2 heterocycles. The zero-order chi connectivity index (χ0) is 23.2. The van der Waals surface area contributed by atoms with Crippen LogP contribution in [0.2, 0.25) is 10.0 Å². The molecule has 0 spiro atoms. The van der Waals surface area contributed by atoms with Crippen molar-refractivity contribution in [2.24, 2.45) is 0 Å². The second kappa shape index (κ2) is 8.30. The van der Waals surface area contributed by atoms with Gasteiger partial charge in [0, 0.05) is 17.1 Å². The van der Waals surface area contributed by atoms with Gasteiger partial charge in [-0.25, -0.2) is 9.69 Å². The summed E-state index contributed by atoms with van der Waals surface area (Å²) in [5.41, 5.74) is 4.19. The number of para-hydroxylation sites is 1. The summed E-state index contributed by atoms with van der Waals surface area (Å²) in [6, 6.07) is 13.4. The minimum atomic E-state index is -0.771. The van der Waals surface area contributed by atoms with E-state index in [2.05, 4.69) is 5.32 Å². The number of carbonyl (C=O) groups is 3. The number of carbonyl (C=O) groups excluding carboxylic acids is 3. The number of aromatic nitrogens is 1. The predicted molar refractivity (Wildman–Crippen MR) is 125 cm³/mol. The van der Waals surface area contributed by atoms with Gasteiger partial charge in [0.1, 0.15) is 5.57 Å². The molecule has 0 unspecified atom stereocenters. The number of urea groups is 1. The lowest BCUT2D eigenvalue weighted by molar-refractivity contribution is -0.122. The largest absolute Gasteiger partial charge is 0.335 e. The lowest BCUT2D eigenvalue weighted by Crippen LogP contribution is -2.54. The van der Waals surface area contributed by atoms with Crippen LogP contribution in [0, 0.1) is 20.8 Å². The van der Waals surface area contributed by atoms with Gasteiger partial charge in [0.15, 0.2) is 0 Å². The number of imide groups is 2. The zero-order valence-electron chi connectivity index (χ0n) is 17.6. The Balaban J connectivity index is 1.78. The molecule has 1 aromatic heterocycles.